The van der Waals surface area contributed by atoms with Gasteiger partial charge in [-0.2, -0.15) is 13.2 Å². The Morgan fingerprint density at radius 1 is 0.817 bits per heavy atom. The molecule has 0 bridgehead atoms. The van der Waals surface area contributed by atoms with E-state index in [1.807, 2.05) is 49.1 Å². The van der Waals surface area contributed by atoms with Crippen LogP contribution >= 0.6 is 0 Å². The van der Waals surface area contributed by atoms with Gasteiger partial charge >= 0.3 is 18.4 Å². The number of likely N-dealkylation sites (tertiary alicyclic amines) is 1. The van der Waals surface area contributed by atoms with Crippen molar-refractivity contribution in [1.29, 1.82) is 0 Å². The van der Waals surface area contributed by atoms with E-state index in [0.717, 1.165) is 5.56 Å². The Kier molecular flexibility index (Phi) is 13.5. The largest absolute Gasteiger partial charge is 0.477 e. The summed E-state index contributed by atoms with van der Waals surface area (Å²) in [6.45, 7) is 9.40. The van der Waals surface area contributed by atoms with Gasteiger partial charge in [0.2, 0.25) is 11.5 Å². The van der Waals surface area contributed by atoms with E-state index in [1.54, 1.807) is 65.7 Å². The number of pyridine rings is 2. The molecular weight excluding hydrogens is 778 g/mol. The van der Waals surface area contributed by atoms with E-state index in [9.17, 15) is 14.4 Å². The van der Waals surface area contributed by atoms with Crippen LogP contribution in [0.15, 0.2) is 91.1 Å². The summed E-state index contributed by atoms with van der Waals surface area (Å²) in [5, 5.41) is 3.07. The molecule has 15 heteroatoms. The molecule has 12 nitrogen and oxygen atoms in total. The van der Waals surface area contributed by atoms with Gasteiger partial charge in [-0.3, -0.25) is 4.79 Å². The second-order valence-electron chi connectivity index (χ2n) is 16.1. The molecule has 0 radical (unpaired) electrons. The van der Waals surface area contributed by atoms with Gasteiger partial charge in [0.1, 0.15) is 6.61 Å². The quantitative estimate of drug-likeness (QED) is 0.150. The van der Waals surface area contributed by atoms with Crippen molar-refractivity contribution in [3.05, 3.63) is 108 Å². The monoisotopic (exact) mass is 830 g/mol. The lowest BCUT2D eigenvalue weighted by Crippen LogP contribution is -2.62. The number of hydrogen-bond donors (Lipinski definition) is 1. The van der Waals surface area contributed by atoms with Gasteiger partial charge in [0, 0.05) is 62.8 Å². The molecule has 320 valence electrons. The summed E-state index contributed by atoms with van der Waals surface area (Å²) in [7, 11) is 0. The van der Waals surface area contributed by atoms with Crippen LogP contribution < -0.4 is 15.0 Å². The average molecular weight is 831 g/mol. The lowest BCUT2D eigenvalue weighted by molar-refractivity contribution is -0.293. The van der Waals surface area contributed by atoms with E-state index in [0.29, 0.717) is 54.4 Å². The van der Waals surface area contributed by atoms with Crippen LogP contribution in [0.25, 0.3) is 11.3 Å². The minimum atomic E-state index is -4.88. The van der Waals surface area contributed by atoms with Gasteiger partial charge in [-0.05, 0) is 55.2 Å². The van der Waals surface area contributed by atoms with Crippen LogP contribution in [-0.4, -0.2) is 101 Å². The smallest absolute Gasteiger partial charge is 0.429 e. The number of carbonyl (C=O) groups excluding carboxylic acids is 3. The fourth-order valence-corrected chi connectivity index (χ4v) is 7.77. The summed E-state index contributed by atoms with van der Waals surface area (Å²) in [6.07, 6.45) is -4.38. The van der Waals surface area contributed by atoms with Crippen molar-refractivity contribution in [2.75, 3.05) is 44.2 Å². The van der Waals surface area contributed by atoms with Gasteiger partial charge in [-0.1, -0.05) is 88.4 Å². The zero-order valence-electron chi connectivity index (χ0n) is 34.7. The fourth-order valence-electron chi connectivity index (χ4n) is 7.77. The molecule has 4 heterocycles. The first-order valence-electron chi connectivity index (χ1n) is 20.3. The second-order valence-corrected chi connectivity index (χ2v) is 16.1. The standard InChI is InChI=1S/C45H53F3N6O6/c1-6-34-29-53(42(57)60-44(43(3,4)5,45(46,47)48)27-31-15-10-8-11-16-31)25-26-54(34)37-21-20-36(35-19-14-23-49-40(35)58-7-2)51-38(37)39(55)50-33-22-24-52(28-33)41(56)59-30-32-17-12-9-13-18-32/h8-21,23,33-34H,6-7,22,24-30H2,1-5H3,(H,50,55)/t33-,34-,44+/m1/s1. The van der Waals surface area contributed by atoms with Crippen LogP contribution in [0, 0.1) is 5.41 Å². The van der Waals surface area contributed by atoms with Crippen molar-refractivity contribution in [2.45, 2.75) is 84.3 Å². The highest BCUT2D eigenvalue weighted by molar-refractivity contribution is 5.99. The molecule has 2 aliphatic rings. The maximum atomic E-state index is 15.2. The molecule has 6 rings (SSSR count). The average Bonchev–Trinajstić information content (AvgIpc) is 3.71. The van der Waals surface area contributed by atoms with Gasteiger partial charge in [-0.15, -0.1) is 0 Å². The van der Waals surface area contributed by atoms with E-state index < -0.39 is 53.8 Å². The molecule has 2 fully saturated rings. The lowest BCUT2D eigenvalue weighted by atomic mass is 9.72. The Morgan fingerprint density at radius 3 is 2.15 bits per heavy atom. The van der Waals surface area contributed by atoms with Gasteiger partial charge in [-0.25, -0.2) is 19.6 Å². The Labute approximate surface area is 349 Å². The van der Waals surface area contributed by atoms with E-state index in [2.05, 4.69) is 10.3 Å². The maximum Gasteiger partial charge on any atom is 0.429 e. The summed E-state index contributed by atoms with van der Waals surface area (Å²) < 4.78 is 62.5. The highest BCUT2D eigenvalue weighted by Crippen LogP contribution is 2.49. The number of ether oxygens (including phenoxy) is 3. The van der Waals surface area contributed by atoms with Crippen molar-refractivity contribution in [1.82, 2.24) is 25.1 Å². The Bertz CT molecular complexity index is 2080. The third-order valence-electron chi connectivity index (χ3n) is 11.2. The number of amides is 3. The zero-order valence-corrected chi connectivity index (χ0v) is 34.7. The number of aromatic nitrogens is 2. The molecule has 0 unspecified atom stereocenters. The van der Waals surface area contributed by atoms with Gasteiger partial charge < -0.3 is 34.2 Å². The first-order chi connectivity index (χ1) is 28.6. The molecule has 2 aromatic carbocycles. The van der Waals surface area contributed by atoms with E-state index in [-0.39, 0.29) is 38.5 Å². The number of hydrogen-bond acceptors (Lipinski definition) is 9. The molecule has 2 aromatic heterocycles. The number of carbonyl (C=O) groups is 3. The first kappa shape index (κ1) is 43.7. The normalized spacial score (nSPS) is 18.1. The van der Waals surface area contributed by atoms with Gasteiger partial charge in [0.05, 0.1) is 23.6 Å². The number of nitrogens with zero attached hydrogens (tertiary/aromatic N) is 5. The minimum absolute atomic E-state index is 0.0291. The van der Waals surface area contributed by atoms with Crippen molar-refractivity contribution < 1.29 is 41.8 Å². The van der Waals surface area contributed by atoms with E-state index in [1.165, 1.54) is 25.7 Å². The number of benzene rings is 2. The Balaban J connectivity index is 1.24. The number of piperazine rings is 1. The molecule has 4 aromatic rings. The van der Waals surface area contributed by atoms with E-state index in [4.69, 9.17) is 19.2 Å². The van der Waals surface area contributed by atoms with Crippen LogP contribution in [0.2, 0.25) is 0 Å². The molecule has 3 amide bonds. The topological polar surface area (TPSA) is 126 Å². The van der Waals surface area contributed by atoms with Crippen LogP contribution in [0.3, 0.4) is 0 Å². The molecule has 60 heavy (non-hydrogen) atoms. The molecule has 1 N–H and O–H groups in total. The van der Waals surface area contributed by atoms with E-state index >= 15 is 13.2 Å². The number of halogens is 3. The Morgan fingerprint density at radius 2 is 1.50 bits per heavy atom. The third kappa shape index (κ3) is 9.77. The minimum Gasteiger partial charge on any atom is -0.477 e. The van der Waals surface area contributed by atoms with Gasteiger partial charge in [0.15, 0.2) is 5.69 Å². The zero-order chi connectivity index (χ0) is 43.1. The fraction of sp³-hybridized carbons (Fsp3) is 0.444. The maximum absolute atomic E-state index is 15.2. The van der Waals surface area contributed by atoms with Crippen LogP contribution in [0.1, 0.15) is 69.1 Å². The Hall–Kier alpha value is -5.86. The molecule has 3 atom stereocenters. The third-order valence-corrected chi connectivity index (χ3v) is 11.2. The summed E-state index contributed by atoms with van der Waals surface area (Å²) in [5.74, 6) is -0.126. The number of alkyl halides is 3. The second kappa shape index (κ2) is 18.6. The molecule has 0 aliphatic carbocycles. The number of nitrogens with one attached hydrogen (secondary N) is 1. The summed E-state index contributed by atoms with van der Waals surface area (Å²) in [5.41, 5.74) is -1.46. The highest BCUT2D eigenvalue weighted by Gasteiger charge is 2.65. The summed E-state index contributed by atoms with van der Waals surface area (Å²) in [4.78, 5) is 55.2. The van der Waals surface area contributed by atoms with Crippen molar-refractivity contribution in [3.63, 3.8) is 0 Å². The molecule has 0 saturated carbocycles. The number of anilines is 1. The van der Waals surface area contributed by atoms with Crippen LogP contribution in [-0.2, 0) is 22.5 Å². The van der Waals surface area contributed by atoms with Gasteiger partial charge in [0.25, 0.3) is 5.91 Å². The van der Waals surface area contributed by atoms with Crippen molar-refractivity contribution >= 4 is 23.8 Å². The summed E-state index contributed by atoms with van der Waals surface area (Å²) in [6, 6.07) is 23.9. The SMILES string of the molecule is CCOc1ncccc1-c1ccc(N2CCN(C(=O)O[C@@](Cc3ccccc3)(C(C)(C)C)C(F)(F)F)C[C@H]2CC)c(C(=O)N[C@@H]2CCN(C(=O)OCc3ccccc3)C2)n1. The molecular formula is C45H53F3N6O6. The van der Waals surface area contributed by atoms with Crippen molar-refractivity contribution in [2.24, 2.45) is 5.41 Å². The highest BCUT2D eigenvalue weighted by atomic mass is 19.4. The predicted octanol–water partition coefficient (Wildman–Crippen LogP) is 8.31. The lowest BCUT2D eigenvalue weighted by Gasteiger charge is -2.47. The molecule has 2 saturated heterocycles. The first-order valence-corrected chi connectivity index (χ1v) is 20.3. The van der Waals surface area contributed by atoms with Crippen LogP contribution in [0.5, 0.6) is 5.88 Å². The van der Waals surface area contributed by atoms with Crippen LogP contribution in [0.4, 0.5) is 28.4 Å². The molecule has 0 spiro atoms. The molecule has 2 aliphatic heterocycles. The predicted molar refractivity (Wildman–Crippen MR) is 221 cm³/mol. The summed E-state index contributed by atoms with van der Waals surface area (Å²) >= 11 is 0. The van der Waals surface area contributed by atoms with Crippen molar-refractivity contribution in [3.8, 4) is 17.1 Å². The number of rotatable bonds is 12.